The molecule has 0 fully saturated rings. The van der Waals surface area contributed by atoms with Crippen molar-refractivity contribution in [2.75, 3.05) is 24.4 Å². The van der Waals surface area contributed by atoms with E-state index in [-0.39, 0.29) is 30.9 Å². The summed E-state index contributed by atoms with van der Waals surface area (Å²) in [4.78, 5) is 28.3. The van der Waals surface area contributed by atoms with E-state index < -0.39 is 0 Å². The van der Waals surface area contributed by atoms with Gasteiger partial charge in [-0.2, -0.15) is 10.1 Å². The van der Waals surface area contributed by atoms with Gasteiger partial charge in [0.15, 0.2) is 18.1 Å². The lowest BCUT2D eigenvalue weighted by atomic mass is 10.0. The molecule has 0 bridgehead atoms. The molecule has 0 saturated carbocycles. The monoisotopic (exact) mass is 441 g/mol. The molecule has 9 nitrogen and oxygen atoms in total. The SMILES string of the molecule is COc1cc([C@@H]2CC(=O)Nc3ncnn32)ccc1OCC(=O)Nc1ccc(C)c(Cl)c1. The molecule has 2 amide bonds. The minimum atomic E-state index is -0.331. The summed E-state index contributed by atoms with van der Waals surface area (Å²) >= 11 is 6.09. The van der Waals surface area contributed by atoms with Crippen LogP contribution in [0.1, 0.15) is 23.6 Å². The van der Waals surface area contributed by atoms with Crippen LogP contribution in [0.3, 0.4) is 0 Å². The molecule has 1 aliphatic rings. The number of nitrogens with one attached hydrogen (secondary N) is 2. The average Bonchev–Trinajstić information content (AvgIpc) is 3.22. The highest BCUT2D eigenvalue weighted by molar-refractivity contribution is 6.31. The number of nitrogens with zero attached hydrogens (tertiary/aromatic N) is 3. The molecule has 2 aromatic carbocycles. The summed E-state index contributed by atoms with van der Waals surface area (Å²) in [5, 5.41) is 10.2. The van der Waals surface area contributed by atoms with Gasteiger partial charge in [0, 0.05) is 10.7 Å². The third-order valence-corrected chi connectivity index (χ3v) is 5.29. The Kier molecular flexibility index (Phi) is 5.77. The fourth-order valence-corrected chi connectivity index (χ4v) is 3.47. The van der Waals surface area contributed by atoms with Gasteiger partial charge in [-0.25, -0.2) is 4.68 Å². The Morgan fingerprint density at radius 3 is 2.90 bits per heavy atom. The molecular weight excluding hydrogens is 422 g/mol. The van der Waals surface area contributed by atoms with Gasteiger partial charge in [0.25, 0.3) is 5.91 Å². The van der Waals surface area contributed by atoms with Crippen LogP contribution in [0.15, 0.2) is 42.7 Å². The Hall–Kier alpha value is -3.59. The minimum absolute atomic E-state index is 0.141. The molecule has 0 aliphatic carbocycles. The van der Waals surface area contributed by atoms with Crippen molar-refractivity contribution in [2.45, 2.75) is 19.4 Å². The molecule has 4 rings (SSSR count). The van der Waals surface area contributed by atoms with E-state index in [1.54, 1.807) is 28.9 Å². The van der Waals surface area contributed by atoms with E-state index in [0.29, 0.717) is 28.2 Å². The van der Waals surface area contributed by atoms with Crippen LogP contribution in [0.4, 0.5) is 11.6 Å². The molecule has 0 spiro atoms. The van der Waals surface area contributed by atoms with Gasteiger partial charge in [-0.15, -0.1) is 0 Å². The topological polar surface area (TPSA) is 107 Å². The zero-order chi connectivity index (χ0) is 22.0. The number of halogens is 1. The molecule has 2 N–H and O–H groups in total. The van der Waals surface area contributed by atoms with Gasteiger partial charge in [-0.1, -0.05) is 23.7 Å². The summed E-state index contributed by atoms with van der Waals surface area (Å²) < 4.78 is 12.7. The molecule has 3 aromatic rings. The number of rotatable bonds is 6. The van der Waals surface area contributed by atoms with Crippen molar-refractivity contribution in [3.05, 3.63) is 58.9 Å². The number of fused-ring (bicyclic) bond motifs is 1. The van der Waals surface area contributed by atoms with Crippen molar-refractivity contribution < 1.29 is 19.1 Å². The normalized spacial score (nSPS) is 15.1. The lowest BCUT2D eigenvalue weighted by Crippen LogP contribution is -2.29. The number of aryl methyl sites for hydroxylation is 1. The number of carbonyl (C=O) groups excluding carboxylic acids is 2. The Balaban J connectivity index is 1.46. The van der Waals surface area contributed by atoms with E-state index in [2.05, 4.69) is 20.7 Å². The number of aromatic nitrogens is 3. The van der Waals surface area contributed by atoms with E-state index in [1.165, 1.54) is 13.4 Å². The Bertz CT molecular complexity index is 1150. The number of anilines is 2. The Morgan fingerprint density at radius 1 is 1.29 bits per heavy atom. The highest BCUT2D eigenvalue weighted by Crippen LogP contribution is 2.35. The lowest BCUT2D eigenvalue weighted by Gasteiger charge is -2.24. The molecule has 160 valence electrons. The predicted octanol–water partition coefficient (Wildman–Crippen LogP) is 3.20. The maximum Gasteiger partial charge on any atom is 0.262 e. The van der Waals surface area contributed by atoms with Crippen LogP contribution in [-0.4, -0.2) is 40.3 Å². The number of amides is 2. The maximum absolute atomic E-state index is 12.3. The molecule has 1 aliphatic heterocycles. The van der Waals surface area contributed by atoms with Gasteiger partial charge in [-0.05, 0) is 42.3 Å². The van der Waals surface area contributed by atoms with Crippen molar-refractivity contribution in [2.24, 2.45) is 0 Å². The van der Waals surface area contributed by atoms with Crippen LogP contribution in [0.25, 0.3) is 0 Å². The molecule has 2 heterocycles. The second-order valence-corrected chi connectivity index (χ2v) is 7.41. The summed E-state index contributed by atoms with van der Waals surface area (Å²) in [5.74, 6) is 0.770. The van der Waals surface area contributed by atoms with Crippen LogP contribution in [-0.2, 0) is 9.59 Å². The van der Waals surface area contributed by atoms with Crippen molar-refractivity contribution in [1.29, 1.82) is 0 Å². The lowest BCUT2D eigenvalue weighted by molar-refractivity contribution is -0.118. The van der Waals surface area contributed by atoms with Gasteiger partial charge in [-0.3, -0.25) is 14.9 Å². The largest absolute Gasteiger partial charge is 0.493 e. The zero-order valence-corrected chi connectivity index (χ0v) is 17.6. The third-order valence-electron chi connectivity index (χ3n) is 4.89. The highest BCUT2D eigenvalue weighted by atomic mass is 35.5. The molecule has 1 aromatic heterocycles. The number of hydrogen-bond donors (Lipinski definition) is 2. The van der Waals surface area contributed by atoms with E-state index in [4.69, 9.17) is 21.1 Å². The van der Waals surface area contributed by atoms with Crippen molar-refractivity contribution in [1.82, 2.24) is 14.8 Å². The van der Waals surface area contributed by atoms with Gasteiger partial charge < -0.3 is 14.8 Å². The van der Waals surface area contributed by atoms with Crippen molar-refractivity contribution in [3.8, 4) is 11.5 Å². The van der Waals surface area contributed by atoms with Gasteiger partial charge in [0.2, 0.25) is 11.9 Å². The summed E-state index contributed by atoms with van der Waals surface area (Å²) in [6.45, 7) is 1.68. The van der Waals surface area contributed by atoms with E-state index in [0.717, 1.165) is 11.1 Å². The third kappa shape index (κ3) is 4.46. The maximum atomic E-state index is 12.3. The summed E-state index contributed by atoms with van der Waals surface area (Å²) in [6.07, 6.45) is 1.61. The molecule has 31 heavy (non-hydrogen) atoms. The second-order valence-electron chi connectivity index (χ2n) is 7.01. The fourth-order valence-electron chi connectivity index (χ4n) is 3.29. The van der Waals surface area contributed by atoms with Crippen molar-refractivity contribution in [3.63, 3.8) is 0 Å². The molecule has 0 saturated heterocycles. The average molecular weight is 442 g/mol. The van der Waals surface area contributed by atoms with Crippen LogP contribution < -0.4 is 20.1 Å². The molecule has 10 heteroatoms. The van der Waals surface area contributed by atoms with Crippen LogP contribution in [0, 0.1) is 6.92 Å². The first-order chi connectivity index (χ1) is 14.9. The summed E-state index contributed by atoms with van der Waals surface area (Å²) in [6, 6.07) is 10.2. The van der Waals surface area contributed by atoms with E-state index >= 15 is 0 Å². The molecule has 0 unspecified atom stereocenters. The quantitative estimate of drug-likeness (QED) is 0.608. The molecule has 0 radical (unpaired) electrons. The first kappa shape index (κ1) is 20.7. The Morgan fingerprint density at radius 2 is 2.13 bits per heavy atom. The summed E-state index contributed by atoms with van der Waals surface area (Å²) in [7, 11) is 1.51. The first-order valence-electron chi connectivity index (χ1n) is 9.50. The summed E-state index contributed by atoms with van der Waals surface area (Å²) in [5.41, 5.74) is 2.32. The predicted molar refractivity (Wildman–Crippen MR) is 115 cm³/mol. The standard InChI is InChI=1S/C21H20ClN5O4/c1-12-3-5-14(8-15(12)22)25-20(29)10-31-17-6-4-13(7-18(17)30-2)16-9-19(28)26-21-23-11-24-27(16)21/h3-8,11,16H,9-10H2,1-2H3,(H,25,29)(H,23,24,26,28)/t16-/m0/s1. The number of carbonyl (C=O) groups is 2. The fraction of sp³-hybridized carbons (Fsp3) is 0.238. The van der Waals surface area contributed by atoms with Gasteiger partial charge >= 0.3 is 0 Å². The Labute approximate surface area is 183 Å². The van der Waals surface area contributed by atoms with E-state index in [1.807, 2.05) is 19.1 Å². The zero-order valence-electron chi connectivity index (χ0n) is 16.9. The molecule has 1 atom stereocenters. The number of ether oxygens (including phenoxy) is 2. The molecular formula is C21H20ClN5O4. The second kappa shape index (κ2) is 8.65. The van der Waals surface area contributed by atoms with Gasteiger partial charge in [0.05, 0.1) is 19.6 Å². The highest BCUT2D eigenvalue weighted by Gasteiger charge is 2.28. The van der Waals surface area contributed by atoms with Crippen molar-refractivity contribution >= 4 is 35.1 Å². The number of benzene rings is 2. The van der Waals surface area contributed by atoms with Crippen LogP contribution in [0.2, 0.25) is 5.02 Å². The smallest absolute Gasteiger partial charge is 0.262 e. The minimum Gasteiger partial charge on any atom is -0.493 e. The van der Waals surface area contributed by atoms with E-state index in [9.17, 15) is 9.59 Å². The number of hydrogen-bond acceptors (Lipinski definition) is 6. The first-order valence-corrected chi connectivity index (χ1v) is 9.88. The van der Waals surface area contributed by atoms with Gasteiger partial charge in [0.1, 0.15) is 6.33 Å². The van der Waals surface area contributed by atoms with Crippen LogP contribution in [0.5, 0.6) is 11.5 Å². The van der Waals surface area contributed by atoms with Crippen LogP contribution >= 0.6 is 11.6 Å². The number of methoxy groups -OCH3 is 1.